The maximum atomic E-state index is 13.1. The van der Waals surface area contributed by atoms with Crippen molar-refractivity contribution in [2.24, 2.45) is 0 Å². The predicted molar refractivity (Wildman–Crippen MR) is 131 cm³/mol. The van der Waals surface area contributed by atoms with E-state index < -0.39 is 0 Å². The maximum absolute atomic E-state index is 13.1. The van der Waals surface area contributed by atoms with Gasteiger partial charge < -0.3 is 10.2 Å². The van der Waals surface area contributed by atoms with Crippen LogP contribution in [-0.4, -0.2) is 23.3 Å². The first kappa shape index (κ1) is 20.6. The van der Waals surface area contributed by atoms with Crippen LogP contribution < -0.4 is 10.2 Å². The zero-order chi connectivity index (χ0) is 22.1. The Morgan fingerprint density at radius 1 is 1.06 bits per heavy atom. The number of anilines is 2. The topological polar surface area (TPSA) is 62.3 Å². The third-order valence-electron chi connectivity index (χ3n) is 5.48. The number of nitrogens with zero attached hydrogens (tertiary/aromatic N) is 2. The number of rotatable bonds is 5. The molecule has 160 valence electrons. The Kier molecular flexibility index (Phi) is 5.59. The van der Waals surface area contributed by atoms with E-state index in [9.17, 15) is 9.59 Å². The molecule has 4 aromatic rings. The molecule has 32 heavy (non-hydrogen) atoms. The molecule has 1 aliphatic heterocycles. The third-order valence-corrected chi connectivity index (χ3v) is 7.57. The molecule has 0 saturated carbocycles. The van der Waals surface area contributed by atoms with E-state index in [2.05, 4.69) is 11.4 Å². The lowest BCUT2D eigenvalue weighted by Gasteiger charge is -2.15. The Labute approximate surface area is 194 Å². The third kappa shape index (κ3) is 3.97. The second-order valence-electron chi connectivity index (χ2n) is 7.58. The van der Waals surface area contributed by atoms with Crippen LogP contribution in [0.1, 0.15) is 17.4 Å². The number of amides is 2. The molecule has 2 amide bonds. The first-order valence-corrected chi connectivity index (χ1v) is 12.1. The van der Waals surface area contributed by atoms with Crippen molar-refractivity contribution in [3.8, 4) is 21.1 Å². The van der Waals surface area contributed by atoms with Crippen molar-refractivity contribution in [2.75, 3.05) is 16.8 Å². The van der Waals surface area contributed by atoms with Crippen molar-refractivity contribution in [2.45, 2.75) is 19.8 Å². The number of hydrogen-bond acceptors (Lipinski definition) is 5. The molecule has 2 aromatic heterocycles. The summed E-state index contributed by atoms with van der Waals surface area (Å²) in [6.45, 7) is 2.22. The number of benzene rings is 2. The van der Waals surface area contributed by atoms with E-state index in [-0.39, 0.29) is 18.2 Å². The van der Waals surface area contributed by atoms with Gasteiger partial charge in [0.2, 0.25) is 11.8 Å². The molecule has 0 aliphatic carbocycles. The lowest BCUT2D eigenvalue weighted by Crippen LogP contribution is -2.25. The van der Waals surface area contributed by atoms with Crippen molar-refractivity contribution in [1.29, 1.82) is 0 Å². The molecule has 0 unspecified atom stereocenters. The second kappa shape index (κ2) is 8.68. The van der Waals surface area contributed by atoms with Crippen molar-refractivity contribution >= 4 is 45.9 Å². The molecule has 0 fully saturated rings. The molecule has 0 radical (unpaired) electrons. The fourth-order valence-corrected chi connectivity index (χ4v) is 5.90. The number of fused-ring (bicyclic) bond motifs is 1. The van der Waals surface area contributed by atoms with Crippen LogP contribution in [0.4, 0.5) is 11.4 Å². The standard InChI is InChI=1S/C25H21N3O2S2/c1-16(29)28-13-12-18-19(9-5-10-20(18)28)26-23(30)15-22-24(17-7-3-2-4-8-17)27-25(32-22)21-11-6-14-31-21/h2-11,14H,12-13,15H2,1H3,(H,26,30). The highest BCUT2D eigenvalue weighted by Gasteiger charge is 2.25. The van der Waals surface area contributed by atoms with Crippen molar-refractivity contribution < 1.29 is 9.59 Å². The van der Waals surface area contributed by atoms with E-state index >= 15 is 0 Å². The van der Waals surface area contributed by atoms with Crippen molar-refractivity contribution in [3.05, 3.63) is 76.5 Å². The Balaban J connectivity index is 1.42. The summed E-state index contributed by atoms with van der Waals surface area (Å²) < 4.78 is 0. The minimum atomic E-state index is -0.0850. The summed E-state index contributed by atoms with van der Waals surface area (Å²) in [7, 11) is 0. The molecule has 0 spiro atoms. The van der Waals surface area contributed by atoms with Crippen LogP contribution in [0.15, 0.2) is 66.0 Å². The average Bonchev–Trinajstić information content (AvgIpc) is 3.54. The molecular formula is C25H21N3O2S2. The Morgan fingerprint density at radius 2 is 1.91 bits per heavy atom. The summed E-state index contributed by atoms with van der Waals surface area (Å²) in [5, 5.41) is 6.04. The molecule has 0 atom stereocenters. The fourth-order valence-electron chi connectivity index (χ4n) is 4.02. The van der Waals surface area contributed by atoms with Gasteiger partial charge in [0.05, 0.1) is 17.0 Å². The van der Waals surface area contributed by atoms with Crippen LogP contribution in [0.3, 0.4) is 0 Å². The van der Waals surface area contributed by atoms with Crippen LogP contribution in [-0.2, 0) is 22.4 Å². The van der Waals surface area contributed by atoms with Gasteiger partial charge in [-0.1, -0.05) is 42.5 Å². The van der Waals surface area contributed by atoms with Gasteiger partial charge in [-0.2, -0.15) is 0 Å². The highest BCUT2D eigenvalue weighted by molar-refractivity contribution is 7.21. The zero-order valence-corrected chi connectivity index (χ0v) is 19.1. The molecule has 3 heterocycles. The SMILES string of the molecule is CC(=O)N1CCc2c(NC(=O)Cc3sc(-c4cccs4)nc3-c3ccccc3)cccc21. The largest absolute Gasteiger partial charge is 0.325 e. The summed E-state index contributed by atoms with van der Waals surface area (Å²) in [5.41, 5.74) is 4.55. The van der Waals surface area contributed by atoms with Crippen molar-refractivity contribution in [1.82, 2.24) is 4.98 Å². The van der Waals surface area contributed by atoms with Gasteiger partial charge in [-0.25, -0.2) is 4.98 Å². The number of hydrogen-bond donors (Lipinski definition) is 1. The monoisotopic (exact) mass is 459 g/mol. The Bertz CT molecular complexity index is 1280. The van der Waals surface area contributed by atoms with Crippen LogP contribution >= 0.6 is 22.7 Å². The normalized spacial score (nSPS) is 12.6. The first-order chi connectivity index (χ1) is 15.6. The summed E-state index contributed by atoms with van der Waals surface area (Å²) in [5.74, 6) is -0.0660. The number of carbonyl (C=O) groups is 2. The number of thiophene rings is 1. The Morgan fingerprint density at radius 3 is 2.66 bits per heavy atom. The molecular weight excluding hydrogens is 438 g/mol. The smallest absolute Gasteiger partial charge is 0.229 e. The predicted octanol–water partition coefficient (Wildman–Crippen LogP) is 5.63. The van der Waals surface area contributed by atoms with Crippen LogP contribution in [0.2, 0.25) is 0 Å². The van der Waals surface area contributed by atoms with Crippen LogP contribution in [0, 0.1) is 0 Å². The zero-order valence-electron chi connectivity index (χ0n) is 17.5. The van der Waals surface area contributed by atoms with E-state index in [4.69, 9.17) is 4.98 Å². The molecule has 2 aromatic carbocycles. The van der Waals surface area contributed by atoms with Gasteiger partial charge in [-0.15, -0.1) is 22.7 Å². The van der Waals surface area contributed by atoms with E-state index in [1.807, 2.05) is 60.0 Å². The van der Waals surface area contributed by atoms with E-state index in [0.29, 0.717) is 6.54 Å². The molecule has 5 nitrogen and oxygen atoms in total. The van der Waals surface area contributed by atoms with Gasteiger partial charge in [0.1, 0.15) is 5.01 Å². The summed E-state index contributed by atoms with van der Waals surface area (Å²) in [6, 6.07) is 19.8. The van der Waals surface area contributed by atoms with Crippen LogP contribution in [0.25, 0.3) is 21.1 Å². The van der Waals surface area contributed by atoms with Gasteiger partial charge in [0, 0.05) is 40.8 Å². The summed E-state index contributed by atoms with van der Waals surface area (Å²) >= 11 is 3.21. The quantitative estimate of drug-likeness (QED) is 0.421. The lowest BCUT2D eigenvalue weighted by molar-refractivity contribution is -0.116. The summed E-state index contributed by atoms with van der Waals surface area (Å²) in [6.07, 6.45) is 0.983. The lowest BCUT2D eigenvalue weighted by atomic mass is 10.1. The maximum Gasteiger partial charge on any atom is 0.229 e. The van der Waals surface area contributed by atoms with Crippen LogP contribution in [0.5, 0.6) is 0 Å². The van der Waals surface area contributed by atoms with Crippen molar-refractivity contribution in [3.63, 3.8) is 0 Å². The molecule has 7 heteroatoms. The first-order valence-electron chi connectivity index (χ1n) is 10.4. The molecule has 0 bridgehead atoms. The molecule has 1 N–H and O–H groups in total. The molecule has 0 saturated heterocycles. The molecule has 5 rings (SSSR count). The minimum absolute atomic E-state index is 0.0190. The van der Waals surface area contributed by atoms with E-state index in [0.717, 1.165) is 49.4 Å². The number of thiazole rings is 1. The van der Waals surface area contributed by atoms with Gasteiger partial charge in [0.15, 0.2) is 0 Å². The fraction of sp³-hybridized carbons (Fsp3) is 0.160. The number of aromatic nitrogens is 1. The van der Waals surface area contributed by atoms with E-state index in [1.54, 1.807) is 34.5 Å². The number of nitrogens with one attached hydrogen (secondary N) is 1. The average molecular weight is 460 g/mol. The van der Waals surface area contributed by atoms with Gasteiger partial charge in [-0.05, 0) is 30.0 Å². The molecule has 1 aliphatic rings. The Hall–Kier alpha value is -3.29. The van der Waals surface area contributed by atoms with Gasteiger partial charge >= 0.3 is 0 Å². The van der Waals surface area contributed by atoms with Gasteiger partial charge in [0.25, 0.3) is 0 Å². The second-order valence-corrected chi connectivity index (χ2v) is 9.61. The minimum Gasteiger partial charge on any atom is -0.325 e. The van der Waals surface area contributed by atoms with Gasteiger partial charge in [-0.3, -0.25) is 9.59 Å². The van der Waals surface area contributed by atoms with E-state index in [1.165, 1.54) is 0 Å². The summed E-state index contributed by atoms with van der Waals surface area (Å²) in [4.78, 5) is 33.6. The highest BCUT2D eigenvalue weighted by atomic mass is 32.1. The highest BCUT2D eigenvalue weighted by Crippen LogP contribution is 2.37. The number of carbonyl (C=O) groups excluding carboxylic acids is 2.